The third-order valence-electron chi connectivity index (χ3n) is 1.35. The second-order valence-corrected chi connectivity index (χ2v) is 2.20. The van der Waals surface area contributed by atoms with Crippen LogP contribution in [-0.4, -0.2) is 35.1 Å². The van der Waals surface area contributed by atoms with Crippen LogP contribution < -0.4 is 0 Å². The fourth-order valence-corrected chi connectivity index (χ4v) is 0.694. The van der Waals surface area contributed by atoms with Gasteiger partial charge < -0.3 is 15.3 Å². The maximum Gasteiger partial charge on any atom is 0.0681 e. The van der Waals surface area contributed by atoms with Gasteiger partial charge in [-0.15, -0.1) is 0 Å². The van der Waals surface area contributed by atoms with E-state index in [4.69, 9.17) is 15.3 Å². The minimum Gasteiger partial charge on any atom is -0.392 e. The van der Waals surface area contributed by atoms with Crippen molar-refractivity contribution in [2.45, 2.75) is 0 Å². The van der Waals surface area contributed by atoms with Gasteiger partial charge in [-0.1, -0.05) is 24.8 Å². The summed E-state index contributed by atoms with van der Waals surface area (Å²) in [5, 5.41) is 26.0. The third-order valence-corrected chi connectivity index (χ3v) is 1.35. The molecule has 3 N–H and O–H groups in total. The second-order valence-electron chi connectivity index (χ2n) is 2.20. The lowest BCUT2D eigenvalue weighted by Crippen LogP contribution is -1.93. The number of aliphatic hydroxyl groups excluding tert-OH is 3. The van der Waals surface area contributed by atoms with Gasteiger partial charge in [0.1, 0.15) is 0 Å². The Labute approximate surface area is 72.0 Å². The van der Waals surface area contributed by atoms with Crippen LogP contribution in [0.1, 0.15) is 0 Å². The van der Waals surface area contributed by atoms with E-state index in [0.29, 0.717) is 11.1 Å². The molecule has 0 aliphatic carbocycles. The van der Waals surface area contributed by atoms with Crippen molar-refractivity contribution in [1.29, 1.82) is 0 Å². The minimum atomic E-state index is -0.155. The highest BCUT2D eigenvalue weighted by Gasteiger charge is 1.92. The van der Waals surface area contributed by atoms with E-state index in [1.165, 1.54) is 12.2 Å². The molecule has 0 heterocycles. The van der Waals surface area contributed by atoms with Gasteiger partial charge in [0.25, 0.3) is 0 Å². The SMILES string of the molecule is C=C/C(=C\C(=C/CO)CO)CO. The van der Waals surface area contributed by atoms with E-state index in [1.807, 2.05) is 0 Å². The summed E-state index contributed by atoms with van der Waals surface area (Å²) in [5.41, 5.74) is 1.19. The Morgan fingerprint density at radius 2 is 1.67 bits per heavy atom. The normalized spacial score (nSPS) is 13.2. The lowest BCUT2D eigenvalue weighted by molar-refractivity contribution is 0.321. The van der Waals surface area contributed by atoms with Crippen LogP contribution in [0.5, 0.6) is 0 Å². The van der Waals surface area contributed by atoms with Crippen LogP contribution >= 0.6 is 0 Å². The van der Waals surface area contributed by atoms with E-state index in [2.05, 4.69) is 6.58 Å². The molecule has 0 fully saturated rings. The van der Waals surface area contributed by atoms with Crippen molar-refractivity contribution < 1.29 is 15.3 Å². The molecular weight excluding hydrogens is 156 g/mol. The molecule has 3 nitrogen and oxygen atoms in total. The molecule has 0 aromatic heterocycles. The minimum absolute atomic E-state index is 0.119. The Hall–Kier alpha value is -0.900. The maximum atomic E-state index is 8.76. The van der Waals surface area contributed by atoms with E-state index in [-0.39, 0.29) is 19.8 Å². The average molecular weight is 170 g/mol. The molecule has 3 heteroatoms. The molecule has 0 amide bonds. The summed E-state index contributed by atoms with van der Waals surface area (Å²) >= 11 is 0. The van der Waals surface area contributed by atoms with Crippen molar-refractivity contribution >= 4 is 0 Å². The molecule has 0 aromatic rings. The van der Waals surface area contributed by atoms with Crippen molar-refractivity contribution in [3.05, 3.63) is 36.0 Å². The molecule has 0 atom stereocenters. The van der Waals surface area contributed by atoms with Crippen LogP contribution in [0.15, 0.2) is 36.0 Å². The fraction of sp³-hybridized carbons (Fsp3) is 0.333. The van der Waals surface area contributed by atoms with Gasteiger partial charge in [0, 0.05) is 0 Å². The lowest BCUT2D eigenvalue weighted by atomic mass is 10.1. The number of aliphatic hydroxyl groups is 3. The van der Waals surface area contributed by atoms with E-state index in [0.717, 1.165) is 0 Å². The summed E-state index contributed by atoms with van der Waals surface area (Å²) in [6.07, 6.45) is 4.56. The highest BCUT2D eigenvalue weighted by atomic mass is 16.3. The molecule has 0 spiro atoms. The Bertz CT molecular complexity index is 192. The molecular formula is C9H14O3. The summed E-state index contributed by atoms with van der Waals surface area (Å²) in [5.74, 6) is 0. The highest BCUT2D eigenvalue weighted by Crippen LogP contribution is 2.02. The van der Waals surface area contributed by atoms with Crippen LogP contribution in [0, 0.1) is 0 Å². The van der Waals surface area contributed by atoms with Crippen LogP contribution in [-0.2, 0) is 0 Å². The standard InChI is InChI=1S/C9H14O3/c1-2-8(6-11)5-9(7-12)3-4-10/h2-3,5,10-12H,1,4,6-7H2/b8-5+,9-3+. The zero-order valence-corrected chi connectivity index (χ0v) is 6.90. The smallest absolute Gasteiger partial charge is 0.0681 e. The predicted octanol–water partition coefficient (Wildman–Crippen LogP) is 0.00210. The third kappa shape index (κ3) is 4.08. The summed E-state index contributed by atoms with van der Waals surface area (Å²) in [6.45, 7) is 3.08. The largest absolute Gasteiger partial charge is 0.392 e. The van der Waals surface area contributed by atoms with Gasteiger partial charge in [0.2, 0.25) is 0 Å². The van der Waals surface area contributed by atoms with Gasteiger partial charge in [-0.3, -0.25) is 0 Å². The molecule has 0 saturated carbocycles. The molecule has 0 bridgehead atoms. The number of hydrogen-bond donors (Lipinski definition) is 3. The monoisotopic (exact) mass is 170 g/mol. The van der Waals surface area contributed by atoms with Crippen LogP contribution in [0.3, 0.4) is 0 Å². The zero-order chi connectivity index (χ0) is 9.40. The van der Waals surface area contributed by atoms with Crippen molar-refractivity contribution in [3.63, 3.8) is 0 Å². The maximum absolute atomic E-state index is 8.76. The number of hydrogen-bond acceptors (Lipinski definition) is 3. The highest BCUT2D eigenvalue weighted by molar-refractivity contribution is 5.29. The predicted molar refractivity (Wildman–Crippen MR) is 47.6 cm³/mol. The quantitative estimate of drug-likeness (QED) is 0.509. The van der Waals surface area contributed by atoms with Gasteiger partial charge in [-0.2, -0.15) is 0 Å². The van der Waals surface area contributed by atoms with Crippen molar-refractivity contribution in [2.75, 3.05) is 19.8 Å². The first-order valence-corrected chi connectivity index (χ1v) is 3.63. The molecule has 68 valence electrons. The molecule has 12 heavy (non-hydrogen) atoms. The first kappa shape index (κ1) is 11.1. The average Bonchev–Trinajstić information content (AvgIpc) is 2.12. The second kappa shape index (κ2) is 6.79. The van der Waals surface area contributed by atoms with Gasteiger partial charge >= 0.3 is 0 Å². The zero-order valence-electron chi connectivity index (χ0n) is 6.90. The van der Waals surface area contributed by atoms with Gasteiger partial charge in [0.05, 0.1) is 19.8 Å². The van der Waals surface area contributed by atoms with E-state index < -0.39 is 0 Å². The van der Waals surface area contributed by atoms with Crippen LogP contribution in [0.2, 0.25) is 0 Å². The molecule has 0 rings (SSSR count). The number of rotatable bonds is 5. The Morgan fingerprint density at radius 1 is 1.08 bits per heavy atom. The van der Waals surface area contributed by atoms with Crippen molar-refractivity contribution in [1.82, 2.24) is 0 Å². The van der Waals surface area contributed by atoms with Gasteiger partial charge in [0.15, 0.2) is 0 Å². The molecule has 0 radical (unpaired) electrons. The van der Waals surface area contributed by atoms with Crippen LogP contribution in [0.4, 0.5) is 0 Å². The molecule has 0 saturated heterocycles. The van der Waals surface area contributed by atoms with E-state index in [1.54, 1.807) is 6.08 Å². The fourth-order valence-electron chi connectivity index (χ4n) is 0.694. The molecule has 0 aromatic carbocycles. The topological polar surface area (TPSA) is 60.7 Å². The first-order valence-electron chi connectivity index (χ1n) is 3.63. The molecule has 0 aliphatic heterocycles. The summed E-state index contributed by atoms with van der Waals surface area (Å²) in [7, 11) is 0. The Morgan fingerprint density at radius 3 is 2.00 bits per heavy atom. The lowest BCUT2D eigenvalue weighted by Gasteiger charge is -1.98. The van der Waals surface area contributed by atoms with Crippen molar-refractivity contribution in [2.24, 2.45) is 0 Å². The molecule has 0 unspecified atom stereocenters. The first-order chi connectivity index (χ1) is 5.78. The summed E-state index contributed by atoms with van der Waals surface area (Å²) in [4.78, 5) is 0. The van der Waals surface area contributed by atoms with Gasteiger partial charge in [-0.25, -0.2) is 0 Å². The molecule has 0 aliphatic rings. The van der Waals surface area contributed by atoms with Crippen molar-refractivity contribution in [3.8, 4) is 0 Å². The summed E-state index contributed by atoms with van der Waals surface area (Å²) < 4.78 is 0. The summed E-state index contributed by atoms with van der Waals surface area (Å²) in [6, 6.07) is 0. The Kier molecular flexibility index (Phi) is 6.28. The Balaban J connectivity index is 4.42. The van der Waals surface area contributed by atoms with E-state index in [9.17, 15) is 0 Å². The van der Waals surface area contributed by atoms with E-state index >= 15 is 0 Å². The van der Waals surface area contributed by atoms with Crippen LogP contribution in [0.25, 0.3) is 0 Å². The van der Waals surface area contributed by atoms with Gasteiger partial charge in [-0.05, 0) is 11.1 Å².